The van der Waals surface area contributed by atoms with E-state index >= 15 is 0 Å². The van der Waals surface area contributed by atoms with Gasteiger partial charge in [0.2, 0.25) is 0 Å². The highest BCUT2D eigenvalue weighted by Crippen LogP contribution is 2.15. The summed E-state index contributed by atoms with van der Waals surface area (Å²) in [7, 11) is 0. The number of aliphatic carboxylic acids is 1. The van der Waals surface area contributed by atoms with Gasteiger partial charge >= 0.3 is 5.97 Å². The van der Waals surface area contributed by atoms with Crippen LogP contribution < -0.4 is 0 Å². The highest BCUT2D eigenvalue weighted by Gasteiger charge is 2.40. The van der Waals surface area contributed by atoms with E-state index < -0.39 is 29.6 Å². The first kappa shape index (κ1) is 13.5. The first-order valence-corrected chi connectivity index (χ1v) is 4.16. The molecule has 0 saturated heterocycles. The number of hydrogen-bond donors (Lipinski definition) is 3. The van der Waals surface area contributed by atoms with Gasteiger partial charge in [-0.15, -0.1) is 0 Å². The first-order chi connectivity index (χ1) is 6.89. The number of aliphatic hydroxyl groups is 2. The van der Waals surface area contributed by atoms with Crippen LogP contribution in [0.15, 0.2) is 11.6 Å². The maximum Gasteiger partial charge on any atom is 0.330 e. The van der Waals surface area contributed by atoms with Gasteiger partial charge in [-0.1, -0.05) is 6.08 Å². The highest BCUT2D eigenvalue weighted by atomic mass is 16.6. The van der Waals surface area contributed by atoms with Crippen LogP contribution in [0.25, 0.3) is 0 Å². The van der Waals surface area contributed by atoms with Crippen LogP contribution in [0.5, 0.6) is 0 Å². The Morgan fingerprint density at radius 1 is 1.47 bits per heavy atom. The molecule has 0 aliphatic rings. The van der Waals surface area contributed by atoms with Gasteiger partial charge in [0, 0.05) is 16.9 Å². The minimum Gasteiger partial charge on any atom is -0.478 e. The van der Waals surface area contributed by atoms with E-state index in [-0.39, 0.29) is 12.0 Å². The average Bonchev–Trinajstić information content (AvgIpc) is 2.19. The lowest BCUT2D eigenvalue weighted by atomic mass is 9.97. The normalized spacial score (nSPS) is 12.6. The molecular formula is C8H13NO6. The fourth-order valence-corrected chi connectivity index (χ4v) is 0.799. The van der Waals surface area contributed by atoms with Crippen LogP contribution in [0.4, 0.5) is 0 Å². The summed E-state index contributed by atoms with van der Waals surface area (Å²) in [5.41, 5.74) is -1.97. The number of carbonyl (C=O) groups is 1. The minimum absolute atomic E-state index is 0.0666. The van der Waals surface area contributed by atoms with Gasteiger partial charge in [-0.25, -0.2) is 4.79 Å². The number of hydrogen-bond acceptors (Lipinski definition) is 5. The third kappa shape index (κ3) is 3.30. The van der Waals surface area contributed by atoms with Gasteiger partial charge in [-0.3, -0.25) is 10.1 Å². The molecule has 0 aromatic carbocycles. The van der Waals surface area contributed by atoms with Crippen molar-refractivity contribution in [2.75, 3.05) is 13.2 Å². The summed E-state index contributed by atoms with van der Waals surface area (Å²) < 4.78 is 0. The number of rotatable bonds is 6. The predicted octanol–water partition coefficient (Wildman–Crippen LogP) is -0.593. The molecule has 0 aliphatic carbocycles. The van der Waals surface area contributed by atoms with Crippen molar-refractivity contribution in [1.29, 1.82) is 0 Å². The van der Waals surface area contributed by atoms with Gasteiger partial charge < -0.3 is 15.3 Å². The van der Waals surface area contributed by atoms with Crippen molar-refractivity contribution in [2.24, 2.45) is 0 Å². The quantitative estimate of drug-likeness (QED) is 0.312. The summed E-state index contributed by atoms with van der Waals surface area (Å²) in [5.74, 6) is -1.19. The summed E-state index contributed by atoms with van der Waals surface area (Å²) >= 11 is 0. The second-order valence-electron chi connectivity index (χ2n) is 3.19. The molecule has 0 spiro atoms. The molecule has 0 saturated carbocycles. The summed E-state index contributed by atoms with van der Waals surface area (Å²) in [4.78, 5) is 20.2. The molecule has 15 heavy (non-hydrogen) atoms. The van der Waals surface area contributed by atoms with Crippen LogP contribution in [-0.2, 0) is 4.79 Å². The average molecular weight is 219 g/mol. The van der Waals surface area contributed by atoms with Crippen LogP contribution in [-0.4, -0.2) is 45.0 Å². The fourth-order valence-electron chi connectivity index (χ4n) is 0.799. The molecule has 7 nitrogen and oxygen atoms in total. The lowest BCUT2D eigenvalue weighted by Gasteiger charge is -2.18. The van der Waals surface area contributed by atoms with Crippen LogP contribution in [0.1, 0.15) is 13.3 Å². The molecule has 0 rings (SSSR count). The third-order valence-corrected chi connectivity index (χ3v) is 2.10. The number of carboxylic acids is 1. The summed E-state index contributed by atoms with van der Waals surface area (Å²) in [5, 5.41) is 36.7. The lowest BCUT2D eigenvalue weighted by molar-refractivity contribution is -0.576. The van der Waals surface area contributed by atoms with E-state index in [2.05, 4.69) is 0 Å². The molecule has 0 fully saturated rings. The Morgan fingerprint density at radius 3 is 2.20 bits per heavy atom. The fraction of sp³-hybridized carbons (Fsp3) is 0.625. The second kappa shape index (κ2) is 5.42. The molecule has 0 aromatic heterocycles. The molecule has 7 heteroatoms. The molecule has 0 atom stereocenters. The number of nitro groups is 1. The number of carboxylic acid groups (broad SMARTS) is 1. The Balaban J connectivity index is 4.78. The van der Waals surface area contributed by atoms with Crippen molar-refractivity contribution in [3.63, 3.8) is 0 Å². The van der Waals surface area contributed by atoms with Crippen molar-refractivity contribution >= 4 is 5.97 Å². The van der Waals surface area contributed by atoms with Crippen LogP contribution in [0, 0.1) is 10.1 Å². The van der Waals surface area contributed by atoms with Gasteiger partial charge in [0.1, 0.15) is 13.2 Å². The highest BCUT2D eigenvalue weighted by molar-refractivity contribution is 5.85. The standard InChI is InChI=1S/C8H13NO6/c1-6(7(12)13)2-3-8(4-10,5-11)9(14)15/h2,10-11H,3-5H2,1H3,(H,12,13)/b6-2+. The molecule has 0 amide bonds. The smallest absolute Gasteiger partial charge is 0.330 e. The largest absolute Gasteiger partial charge is 0.478 e. The van der Waals surface area contributed by atoms with E-state index in [9.17, 15) is 14.9 Å². The van der Waals surface area contributed by atoms with Crippen LogP contribution >= 0.6 is 0 Å². The number of aliphatic hydroxyl groups excluding tert-OH is 2. The van der Waals surface area contributed by atoms with Crippen molar-refractivity contribution < 1.29 is 25.0 Å². The van der Waals surface area contributed by atoms with Crippen molar-refractivity contribution in [2.45, 2.75) is 18.9 Å². The van der Waals surface area contributed by atoms with Crippen molar-refractivity contribution in [3.05, 3.63) is 21.8 Å². The summed E-state index contributed by atoms with van der Waals surface area (Å²) in [6.07, 6.45) is 0.780. The van der Waals surface area contributed by atoms with Gasteiger partial charge in [-0.2, -0.15) is 0 Å². The van der Waals surface area contributed by atoms with Gasteiger partial charge in [0.05, 0.1) is 0 Å². The molecule has 0 aliphatic heterocycles. The topological polar surface area (TPSA) is 121 Å². The number of nitrogens with zero attached hydrogens (tertiary/aromatic N) is 1. The zero-order chi connectivity index (χ0) is 12.1. The molecule has 0 radical (unpaired) electrons. The predicted molar refractivity (Wildman–Crippen MR) is 49.9 cm³/mol. The first-order valence-electron chi connectivity index (χ1n) is 4.16. The monoisotopic (exact) mass is 219 g/mol. The van der Waals surface area contributed by atoms with E-state index in [1.165, 1.54) is 6.92 Å². The molecule has 0 bridgehead atoms. The molecule has 86 valence electrons. The van der Waals surface area contributed by atoms with Gasteiger partial charge in [0.25, 0.3) is 5.54 Å². The summed E-state index contributed by atoms with van der Waals surface area (Å²) in [6, 6.07) is 0. The van der Waals surface area contributed by atoms with Gasteiger partial charge in [-0.05, 0) is 6.92 Å². The lowest BCUT2D eigenvalue weighted by Crippen LogP contribution is -2.45. The molecule has 0 aromatic rings. The third-order valence-electron chi connectivity index (χ3n) is 2.10. The second-order valence-corrected chi connectivity index (χ2v) is 3.19. The Bertz CT molecular complexity index is 281. The SMILES string of the molecule is C/C(=C\CC(CO)(CO)[N+](=O)[O-])C(=O)O. The van der Waals surface area contributed by atoms with Crippen molar-refractivity contribution in [3.8, 4) is 0 Å². The van der Waals surface area contributed by atoms with E-state index in [4.69, 9.17) is 15.3 Å². The zero-order valence-electron chi connectivity index (χ0n) is 8.21. The summed E-state index contributed by atoms with van der Waals surface area (Å²) in [6.45, 7) is -0.415. The molecule has 0 unspecified atom stereocenters. The van der Waals surface area contributed by atoms with E-state index in [0.717, 1.165) is 6.08 Å². The van der Waals surface area contributed by atoms with Crippen LogP contribution in [0.2, 0.25) is 0 Å². The Kier molecular flexibility index (Phi) is 4.89. The van der Waals surface area contributed by atoms with Crippen LogP contribution in [0.3, 0.4) is 0 Å². The van der Waals surface area contributed by atoms with E-state index in [0.29, 0.717) is 0 Å². The molecule has 3 N–H and O–H groups in total. The molecule has 0 heterocycles. The Morgan fingerprint density at radius 2 is 1.93 bits per heavy atom. The minimum atomic E-state index is -1.91. The van der Waals surface area contributed by atoms with E-state index in [1.807, 2.05) is 0 Å². The Labute approximate surface area is 85.8 Å². The zero-order valence-corrected chi connectivity index (χ0v) is 8.21. The van der Waals surface area contributed by atoms with Gasteiger partial charge in [0.15, 0.2) is 0 Å². The van der Waals surface area contributed by atoms with Crippen molar-refractivity contribution in [1.82, 2.24) is 0 Å². The molecular weight excluding hydrogens is 206 g/mol. The maximum atomic E-state index is 10.6. The van der Waals surface area contributed by atoms with E-state index in [1.54, 1.807) is 0 Å². The maximum absolute atomic E-state index is 10.6. The Hall–Kier alpha value is -1.47.